The zero-order valence-corrected chi connectivity index (χ0v) is 14.9. The fourth-order valence-electron chi connectivity index (χ4n) is 2.36. The van der Waals surface area contributed by atoms with Gasteiger partial charge in [-0.05, 0) is 36.8 Å². The summed E-state index contributed by atoms with van der Waals surface area (Å²) in [5.74, 6) is 0.465. The van der Waals surface area contributed by atoms with Crippen LogP contribution in [0, 0.1) is 6.92 Å². The standard InChI is InChI=1S/C18H15ClF3N5/c1-10-4-2-3-5-13(10)26-16-15(23)17(25-9-24-16)27-14-8-11(18(20,21)22)6-7-12(14)19/h2-9H,23H2,1H3,(H2,24,25,26,27). The number of rotatable bonds is 4. The van der Waals surface area contributed by atoms with Gasteiger partial charge in [0.15, 0.2) is 11.6 Å². The summed E-state index contributed by atoms with van der Waals surface area (Å²) in [6.07, 6.45) is -3.24. The number of hydrogen-bond donors (Lipinski definition) is 3. The molecule has 0 fully saturated rings. The van der Waals surface area contributed by atoms with E-state index in [1.165, 1.54) is 6.33 Å². The molecule has 140 valence electrons. The maximum Gasteiger partial charge on any atom is 0.416 e. The summed E-state index contributed by atoms with van der Waals surface area (Å²) in [5, 5.41) is 5.94. The van der Waals surface area contributed by atoms with Gasteiger partial charge in [0.1, 0.15) is 12.0 Å². The molecule has 4 N–H and O–H groups in total. The SMILES string of the molecule is Cc1ccccc1Nc1ncnc(Nc2cc(C(F)(F)F)ccc2Cl)c1N. The minimum atomic E-state index is -4.49. The minimum absolute atomic E-state index is 0.0405. The summed E-state index contributed by atoms with van der Waals surface area (Å²) in [6, 6.07) is 10.5. The topological polar surface area (TPSA) is 75.9 Å². The van der Waals surface area contributed by atoms with Crippen LogP contribution >= 0.6 is 11.6 Å². The molecule has 0 aliphatic carbocycles. The Morgan fingerprint density at radius 1 is 0.963 bits per heavy atom. The van der Waals surface area contributed by atoms with Gasteiger partial charge in [-0.3, -0.25) is 0 Å². The first-order valence-electron chi connectivity index (χ1n) is 7.82. The van der Waals surface area contributed by atoms with Crippen LogP contribution in [-0.4, -0.2) is 9.97 Å². The lowest BCUT2D eigenvalue weighted by molar-refractivity contribution is -0.137. The Morgan fingerprint density at radius 3 is 2.22 bits per heavy atom. The van der Waals surface area contributed by atoms with Crippen molar-refractivity contribution in [2.45, 2.75) is 13.1 Å². The number of nitrogen functional groups attached to an aromatic ring is 1. The van der Waals surface area contributed by atoms with Crippen LogP contribution in [0.1, 0.15) is 11.1 Å². The Kier molecular flexibility index (Phi) is 5.09. The summed E-state index contributed by atoms with van der Waals surface area (Å²) in [7, 11) is 0. The Labute approximate surface area is 158 Å². The van der Waals surface area contributed by atoms with Crippen molar-refractivity contribution in [3.8, 4) is 0 Å². The predicted octanol–water partition coefficient (Wildman–Crippen LogP) is 5.53. The Bertz CT molecular complexity index is 975. The number of anilines is 5. The molecule has 1 aromatic heterocycles. The van der Waals surface area contributed by atoms with Crippen molar-refractivity contribution in [3.05, 3.63) is 64.9 Å². The Balaban J connectivity index is 1.92. The molecule has 0 bridgehead atoms. The van der Waals surface area contributed by atoms with Gasteiger partial charge in [-0.2, -0.15) is 13.2 Å². The molecule has 0 unspecified atom stereocenters. The molecule has 9 heteroatoms. The molecule has 0 saturated carbocycles. The van der Waals surface area contributed by atoms with Gasteiger partial charge < -0.3 is 16.4 Å². The highest BCUT2D eigenvalue weighted by atomic mass is 35.5. The Hall–Kier alpha value is -3.00. The molecule has 3 rings (SSSR count). The van der Waals surface area contributed by atoms with E-state index in [1.807, 2.05) is 31.2 Å². The molecule has 0 amide bonds. The lowest BCUT2D eigenvalue weighted by atomic mass is 10.2. The summed E-state index contributed by atoms with van der Waals surface area (Å²) >= 11 is 6.01. The molecule has 0 saturated heterocycles. The number of halogens is 4. The molecule has 0 aliphatic rings. The molecule has 0 spiro atoms. The molecular formula is C18H15ClF3N5. The number of benzene rings is 2. The Morgan fingerprint density at radius 2 is 1.59 bits per heavy atom. The fourth-order valence-corrected chi connectivity index (χ4v) is 2.53. The maximum atomic E-state index is 12.9. The van der Waals surface area contributed by atoms with Crippen molar-refractivity contribution in [3.63, 3.8) is 0 Å². The van der Waals surface area contributed by atoms with Gasteiger partial charge in [-0.15, -0.1) is 0 Å². The van der Waals surface area contributed by atoms with Crippen LogP contribution in [0.5, 0.6) is 0 Å². The van der Waals surface area contributed by atoms with E-state index in [1.54, 1.807) is 0 Å². The third-order valence-corrected chi connectivity index (χ3v) is 4.16. The van der Waals surface area contributed by atoms with Crippen molar-refractivity contribution in [2.24, 2.45) is 0 Å². The number of nitrogens with one attached hydrogen (secondary N) is 2. The van der Waals surface area contributed by atoms with Crippen LogP contribution < -0.4 is 16.4 Å². The highest BCUT2D eigenvalue weighted by Gasteiger charge is 2.31. The van der Waals surface area contributed by atoms with Crippen LogP contribution in [0.25, 0.3) is 0 Å². The highest BCUT2D eigenvalue weighted by Crippen LogP contribution is 2.36. The zero-order valence-electron chi connectivity index (χ0n) is 14.1. The van der Waals surface area contributed by atoms with E-state index in [4.69, 9.17) is 17.3 Å². The average molecular weight is 394 g/mol. The number of alkyl halides is 3. The van der Waals surface area contributed by atoms with Crippen molar-refractivity contribution in [1.29, 1.82) is 0 Å². The van der Waals surface area contributed by atoms with E-state index in [0.717, 1.165) is 29.4 Å². The summed E-state index contributed by atoms with van der Waals surface area (Å²) in [5.41, 5.74) is 7.22. The van der Waals surface area contributed by atoms with Gasteiger partial charge in [0.25, 0.3) is 0 Å². The summed E-state index contributed by atoms with van der Waals surface area (Å²) in [4.78, 5) is 8.10. The van der Waals surface area contributed by atoms with E-state index < -0.39 is 11.7 Å². The molecule has 2 aromatic carbocycles. The maximum absolute atomic E-state index is 12.9. The van der Waals surface area contributed by atoms with E-state index in [9.17, 15) is 13.2 Å². The molecule has 27 heavy (non-hydrogen) atoms. The lowest BCUT2D eigenvalue weighted by Crippen LogP contribution is -2.08. The summed E-state index contributed by atoms with van der Waals surface area (Å²) in [6.45, 7) is 1.92. The van der Waals surface area contributed by atoms with Crippen LogP contribution in [0.4, 0.5) is 41.9 Å². The molecule has 0 atom stereocenters. The van der Waals surface area contributed by atoms with Crippen molar-refractivity contribution in [1.82, 2.24) is 9.97 Å². The second kappa shape index (κ2) is 7.32. The van der Waals surface area contributed by atoms with E-state index in [-0.39, 0.29) is 22.2 Å². The predicted molar refractivity (Wildman–Crippen MR) is 101 cm³/mol. The van der Waals surface area contributed by atoms with E-state index in [2.05, 4.69) is 20.6 Å². The van der Waals surface area contributed by atoms with Crippen molar-refractivity contribution in [2.75, 3.05) is 16.4 Å². The minimum Gasteiger partial charge on any atom is -0.393 e. The summed E-state index contributed by atoms with van der Waals surface area (Å²) < 4.78 is 38.8. The van der Waals surface area contributed by atoms with Gasteiger partial charge in [-0.1, -0.05) is 29.8 Å². The van der Waals surface area contributed by atoms with Gasteiger partial charge in [0, 0.05) is 5.69 Å². The number of nitrogens with zero attached hydrogens (tertiary/aromatic N) is 2. The monoisotopic (exact) mass is 393 g/mol. The number of aryl methyl sites for hydroxylation is 1. The number of hydrogen-bond acceptors (Lipinski definition) is 5. The molecule has 0 radical (unpaired) electrons. The van der Waals surface area contributed by atoms with Crippen molar-refractivity contribution >= 4 is 40.3 Å². The van der Waals surface area contributed by atoms with Gasteiger partial charge >= 0.3 is 6.18 Å². The largest absolute Gasteiger partial charge is 0.416 e. The molecule has 1 heterocycles. The van der Waals surface area contributed by atoms with Gasteiger partial charge in [0.05, 0.1) is 16.3 Å². The highest BCUT2D eigenvalue weighted by molar-refractivity contribution is 6.33. The molecule has 3 aromatic rings. The number of aromatic nitrogens is 2. The fraction of sp³-hybridized carbons (Fsp3) is 0.111. The third-order valence-electron chi connectivity index (χ3n) is 3.83. The van der Waals surface area contributed by atoms with Crippen LogP contribution in [0.2, 0.25) is 5.02 Å². The molecule has 5 nitrogen and oxygen atoms in total. The van der Waals surface area contributed by atoms with Crippen LogP contribution in [0.3, 0.4) is 0 Å². The van der Waals surface area contributed by atoms with E-state index in [0.29, 0.717) is 5.82 Å². The van der Waals surface area contributed by atoms with Gasteiger partial charge in [-0.25, -0.2) is 9.97 Å². The first-order valence-corrected chi connectivity index (χ1v) is 8.20. The van der Waals surface area contributed by atoms with E-state index >= 15 is 0 Å². The molecule has 0 aliphatic heterocycles. The third kappa shape index (κ3) is 4.22. The van der Waals surface area contributed by atoms with Crippen LogP contribution in [0.15, 0.2) is 48.8 Å². The smallest absolute Gasteiger partial charge is 0.393 e. The average Bonchev–Trinajstić information content (AvgIpc) is 2.61. The second-order valence-corrected chi connectivity index (χ2v) is 6.15. The quantitative estimate of drug-likeness (QED) is 0.543. The molecular weight excluding hydrogens is 379 g/mol. The normalized spacial score (nSPS) is 11.3. The first kappa shape index (κ1) is 18.8. The van der Waals surface area contributed by atoms with Gasteiger partial charge in [0.2, 0.25) is 0 Å². The van der Waals surface area contributed by atoms with Crippen LogP contribution in [-0.2, 0) is 6.18 Å². The zero-order chi connectivity index (χ0) is 19.6. The second-order valence-electron chi connectivity index (χ2n) is 5.74. The lowest BCUT2D eigenvalue weighted by Gasteiger charge is -2.15. The number of nitrogens with two attached hydrogens (primary N) is 1. The first-order chi connectivity index (χ1) is 12.8. The number of para-hydroxylation sites is 1. The van der Waals surface area contributed by atoms with Crippen molar-refractivity contribution < 1.29 is 13.2 Å².